The van der Waals surface area contributed by atoms with Crippen molar-refractivity contribution in [1.82, 2.24) is 5.32 Å². The smallest absolute Gasteiger partial charge is 0.249 e. The zero-order chi connectivity index (χ0) is 17.5. The minimum Gasteiger partial charge on any atom is -0.515 e. The van der Waals surface area contributed by atoms with Crippen molar-refractivity contribution >= 4 is 34.3 Å². The zero-order valence-corrected chi connectivity index (χ0v) is 14.4. The summed E-state index contributed by atoms with van der Waals surface area (Å²) >= 11 is 1.28. The van der Waals surface area contributed by atoms with E-state index >= 15 is 0 Å². The van der Waals surface area contributed by atoms with E-state index in [0.717, 1.165) is 12.5 Å². The van der Waals surface area contributed by atoms with Crippen molar-refractivity contribution in [2.75, 3.05) is 5.75 Å². The number of allylic oxidation sites excluding steroid dienone is 2. The Morgan fingerprint density at radius 3 is 2.65 bits per heavy atom. The van der Waals surface area contributed by atoms with Crippen molar-refractivity contribution < 1.29 is 19.5 Å². The second kappa shape index (κ2) is 8.67. The molecule has 0 aromatic heterocycles. The van der Waals surface area contributed by atoms with Crippen molar-refractivity contribution in [3.63, 3.8) is 0 Å². The molecule has 0 unspecified atom stereocenters. The van der Waals surface area contributed by atoms with Crippen molar-refractivity contribution in [1.29, 1.82) is 0 Å². The molecule has 1 rings (SSSR count). The maximum Gasteiger partial charge on any atom is 0.249 e. The lowest BCUT2D eigenvalue weighted by atomic mass is 10.0. The molecule has 2 atom stereocenters. The quantitative estimate of drug-likeness (QED) is 0.521. The highest BCUT2D eigenvalue weighted by atomic mass is 32.2. The SMILES string of the molecule is CCC[C@H](C=CC(=O)C=CO)NC(=O)[C@]1(C)CSC(C(C)=O)=N1. The number of hydrogen-bond acceptors (Lipinski definition) is 6. The molecule has 0 saturated heterocycles. The fraction of sp³-hybridized carbons (Fsp3) is 0.500. The predicted molar refractivity (Wildman–Crippen MR) is 91.7 cm³/mol. The maximum atomic E-state index is 12.5. The second-order valence-electron chi connectivity index (χ2n) is 5.48. The molecule has 1 aliphatic heterocycles. The van der Waals surface area contributed by atoms with Gasteiger partial charge < -0.3 is 10.4 Å². The van der Waals surface area contributed by atoms with Crippen LogP contribution in [0.4, 0.5) is 0 Å². The molecule has 1 heterocycles. The van der Waals surface area contributed by atoms with Gasteiger partial charge in [0, 0.05) is 24.8 Å². The second-order valence-corrected chi connectivity index (χ2v) is 6.45. The predicted octanol–water partition coefficient (Wildman–Crippen LogP) is 1.96. The van der Waals surface area contributed by atoms with Crippen LogP contribution in [0.2, 0.25) is 0 Å². The fourth-order valence-corrected chi connectivity index (χ4v) is 3.07. The molecule has 2 N–H and O–H groups in total. The van der Waals surface area contributed by atoms with Gasteiger partial charge in [0.1, 0.15) is 10.6 Å². The number of amides is 1. The van der Waals surface area contributed by atoms with Crippen LogP contribution >= 0.6 is 11.8 Å². The van der Waals surface area contributed by atoms with Gasteiger partial charge in [0.25, 0.3) is 0 Å². The average Bonchev–Trinajstić information content (AvgIpc) is 2.89. The Kier molecular flexibility index (Phi) is 7.22. The first-order chi connectivity index (χ1) is 10.8. The average molecular weight is 338 g/mol. The molecule has 0 aromatic carbocycles. The Labute approximate surface area is 140 Å². The number of Topliss-reactive ketones (excluding diaryl/α,β-unsaturated/α-hetero) is 1. The zero-order valence-electron chi connectivity index (χ0n) is 13.5. The molecule has 6 nitrogen and oxygen atoms in total. The van der Waals surface area contributed by atoms with Gasteiger partial charge in [-0.2, -0.15) is 0 Å². The summed E-state index contributed by atoms with van der Waals surface area (Å²) in [5, 5.41) is 11.8. The molecule has 7 heteroatoms. The van der Waals surface area contributed by atoms with E-state index in [1.165, 1.54) is 24.8 Å². The van der Waals surface area contributed by atoms with Gasteiger partial charge >= 0.3 is 0 Å². The van der Waals surface area contributed by atoms with Crippen LogP contribution in [0, 0.1) is 0 Å². The first kappa shape index (κ1) is 19.2. The monoisotopic (exact) mass is 338 g/mol. The van der Waals surface area contributed by atoms with Gasteiger partial charge in [-0.05, 0) is 19.4 Å². The summed E-state index contributed by atoms with van der Waals surface area (Å²) in [5.74, 6) is -0.350. The molecule has 0 fully saturated rings. The molecule has 1 amide bonds. The molecule has 126 valence electrons. The summed E-state index contributed by atoms with van der Waals surface area (Å²) in [4.78, 5) is 39.4. The summed E-state index contributed by atoms with van der Waals surface area (Å²) < 4.78 is 0. The largest absolute Gasteiger partial charge is 0.515 e. The highest BCUT2D eigenvalue weighted by molar-refractivity contribution is 8.16. The molecule has 23 heavy (non-hydrogen) atoms. The molecule has 0 spiro atoms. The molecule has 1 aliphatic rings. The van der Waals surface area contributed by atoms with E-state index in [0.29, 0.717) is 23.5 Å². The molecule has 0 bridgehead atoms. The third kappa shape index (κ3) is 5.67. The number of thioether (sulfide) groups is 1. The van der Waals surface area contributed by atoms with Gasteiger partial charge in [0.15, 0.2) is 11.6 Å². The highest BCUT2D eigenvalue weighted by Crippen LogP contribution is 2.28. The molecule has 0 aliphatic carbocycles. The first-order valence-corrected chi connectivity index (χ1v) is 8.38. The Balaban J connectivity index is 2.78. The Morgan fingerprint density at radius 1 is 1.43 bits per heavy atom. The van der Waals surface area contributed by atoms with E-state index in [1.54, 1.807) is 13.0 Å². The van der Waals surface area contributed by atoms with Crippen molar-refractivity contribution in [3.8, 4) is 0 Å². The van der Waals surface area contributed by atoms with Gasteiger partial charge in [-0.15, -0.1) is 11.8 Å². The first-order valence-electron chi connectivity index (χ1n) is 7.40. The fourth-order valence-electron chi connectivity index (χ4n) is 1.99. The Morgan fingerprint density at radius 2 is 2.13 bits per heavy atom. The standard InChI is InChI=1S/C16H22N2O4S/c1-4-5-12(6-7-13(21)8-9-19)17-15(22)16(3)10-23-14(18-16)11(2)20/h6-9,12,19H,4-5,10H2,1-3H3,(H,17,22)/t12-,16+/m1/s1. The molecule has 0 radical (unpaired) electrons. The minimum absolute atomic E-state index is 0.141. The number of nitrogens with one attached hydrogen (secondary N) is 1. The number of aliphatic hydroxyl groups is 1. The summed E-state index contributed by atoms with van der Waals surface area (Å²) in [5.41, 5.74) is -0.972. The van der Waals surface area contributed by atoms with Gasteiger partial charge in [-0.3, -0.25) is 19.4 Å². The van der Waals surface area contributed by atoms with E-state index in [1.807, 2.05) is 6.92 Å². The van der Waals surface area contributed by atoms with Gasteiger partial charge in [0.05, 0.1) is 6.26 Å². The Hall–Kier alpha value is -1.89. The number of carbonyl (C=O) groups is 3. The highest BCUT2D eigenvalue weighted by Gasteiger charge is 2.39. The number of nitrogens with zero attached hydrogens (tertiary/aromatic N) is 1. The third-order valence-electron chi connectivity index (χ3n) is 3.28. The van der Waals surface area contributed by atoms with Gasteiger partial charge in [-0.1, -0.05) is 19.4 Å². The minimum atomic E-state index is -0.972. The van der Waals surface area contributed by atoms with Gasteiger partial charge in [0.2, 0.25) is 5.91 Å². The number of hydrogen-bond donors (Lipinski definition) is 2. The summed E-state index contributed by atoms with van der Waals surface area (Å²) in [6.45, 7) is 5.09. The number of aliphatic imine (C=N–C) groups is 1. The normalized spacial score (nSPS) is 22.3. The lowest BCUT2D eigenvalue weighted by Gasteiger charge is -2.22. The van der Waals surface area contributed by atoms with Crippen molar-refractivity contribution in [3.05, 3.63) is 24.5 Å². The van der Waals surface area contributed by atoms with Crippen LogP contribution < -0.4 is 5.32 Å². The van der Waals surface area contributed by atoms with Crippen LogP contribution in [0.15, 0.2) is 29.5 Å². The van der Waals surface area contributed by atoms with Crippen molar-refractivity contribution in [2.45, 2.75) is 45.2 Å². The molecule has 0 saturated carbocycles. The Bertz CT molecular complexity index is 568. The van der Waals surface area contributed by atoms with Gasteiger partial charge in [-0.25, -0.2) is 0 Å². The lowest BCUT2D eigenvalue weighted by molar-refractivity contribution is -0.125. The van der Waals surface area contributed by atoms with E-state index < -0.39 is 5.54 Å². The number of ketones is 2. The number of carbonyl (C=O) groups excluding carboxylic acids is 3. The maximum absolute atomic E-state index is 12.5. The topological polar surface area (TPSA) is 95.8 Å². The van der Waals surface area contributed by atoms with Crippen LogP contribution in [0.3, 0.4) is 0 Å². The van der Waals surface area contributed by atoms with E-state index in [9.17, 15) is 14.4 Å². The van der Waals surface area contributed by atoms with Crippen molar-refractivity contribution in [2.24, 2.45) is 4.99 Å². The van der Waals surface area contributed by atoms with Crippen LogP contribution in [-0.4, -0.2) is 45.0 Å². The molecular weight excluding hydrogens is 316 g/mol. The number of rotatable bonds is 8. The summed E-state index contributed by atoms with van der Waals surface area (Å²) in [6, 6.07) is -0.304. The third-order valence-corrected chi connectivity index (χ3v) is 4.63. The lowest BCUT2D eigenvalue weighted by Crippen LogP contribution is -2.47. The van der Waals surface area contributed by atoms with Crippen LogP contribution in [0.5, 0.6) is 0 Å². The van der Waals surface area contributed by atoms with Crippen LogP contribution in [0.1, 0.15) is 33.6 Å². The molecule has 0 aromatic rings. The number of aliphatic hydroxyl groups excluding tert-OH is 1. The summed E-state index contributed by atoms with van der Waals surface area (Å²) in [6.07, 6.45) is 6.11. The molecular formula is C16H22N2O4S. The van der Waals surface area contributed by atoms with E-state index in [-0.39, 0.29) is 23.5 Å². The summed E-state index contributed by atoms with van der Waals surface area (Å²) in [7, 11) is 0. The van der Waals surface area contributed by atoms with Crippen LogP contribution in [0.25, 0.3) is 0 Å². The van der Waals surface area contributed by atoms with E-state index in [4.69, 9.17) is 5.11 Å². The van der Waals surface area contributed by atoms with E-state index in [2.05, 4.69) is 10.3 Å². The van der Waals surface area contributed by atoms with Crippen LogP contribution in [-0.2, 0) is 14.4 Å².